The summed E-state index contributed by atoms with van der Waals surface area (Å²) in [7, 11) is 3.76. The van der Waals surface area contributed by atoms with Crippen LogP contribution in [0.2, 0.25) is 0 Å². The van der Waals surface area contributed by atoms with Crippen LogP contribution in [0.4, 0.5) is 0 Å². The zero-order chi connectivity index (χ0) is 14.1. The normalized spacial score (nSPS) is 11.3. The van der Waals surface area contributed by atoms with Gasteiger partial charge in [0.2, 0.25) is 0 Å². The highest BCUT2D eigenvalue weighted by Crippen LogP contribution is 2.27. The summed E-state index contributed by atoms with van der Waals surface area (Å²) in [6.45, 7) is 0.362. The first kappa shape index (κ1) is 12.7. The maximum absolute atomic E-state index is 12.0. The van der Waals surface area contributed by atoms with Crippen molar-refractivity contribution in [1.82, 2.24) is 9.58 Å². The fourth-order valence-electron chi connectivity index (χ4n) is 2.49. The standard InChI is InChI=1S/C16H17N3O/c1-18(2)11-16(20)17-19-14-9-5-3-7-12(14)13-8-4-6-10-15(13)19/h3-10H,11H2,1-2H3,(H,17,20). The van der Waals surface area contributed by atoms with Crippen molar-refractivity contribution >= 4 is 27.7 Å². The highest BCUT2D eigenvalue weighted by atomic mass is 16.2. The highest BCUT2D eigenvalue weighted by Gasteiger charge is 2.11. The Kier molecular flexibility index (Phi) is 3.16. The van der Waals surface area contributed by atoms with Gasteiger partial charge in [0.15, 0.2) is 0 Å². The molecule has 0 aliphatic carbocycles. The summed E-state index contributed by atoms with van der Waals surface area (Å²) in [5.74, 6) is -0.0264. The fourth-order valence-corrected chi connectivity index (χ4v) is 2.49. The Balaban J connectivity index is 2.14. The van der Waals surface area contributed by atoms with Gasteiger partial charge >= 0.3 is 0 Å². The molecule has 0 bridgehead atoms. The first-order valence-electron chi connectivity index (χ1n) is 6.59. The molecule has 1 N–H and O–H groups in total. The average molecular weight is 267 g/mol. The van der Waals surface area contributed by atoms with Crippen LogP contribution < -0.4 is 5.43 Å². The molecule has 102 valence electrons. The van der Waals surface area contributed by atoms with Crippen LogP contribution in [0.15, 0.2) is 48.5 Å². The Labute approximate surface area is 117 Å². The molecule has 0 fully saturated rings. The molecule has 0 unspecified atom stereocenters. The summed E-state index contributed by atoms with van der Waals surface area (Å²) in [5, 5.41) is 2.29. The van der Waals surface area contributed by atoms with Crippen LogP contribution in [-0.2, 0) is 4.79 Å². The molecule has 4 nitrogen and oxygen atoms in total. The van der Waals surface area contributed by atoms with E-state index >= 15 is 0 Å². The monoisotopic (exact) mass is 267 g/mol. The second kappa shape index (κ2) is 4.98. The van der Waals surface area contributed by atoms with Crippen molar-refractivity contribution < 1.29 is 4.79 Å². The van der Waals surface area contributed by atoms with Gasteiger partial charge in [-0.25, -0.2) is 0 Å². The van der Waals surface area contributed by atoms with E-state index in [9.17, 15) is 4.79 Å². The number of carbonyl (C=O) groups is 1. The Hall–Kier alpha value is -2.33. The molecule has 0 aliphatic rings. The third-order valence-corrected chi connectivity index (χ3v) is 3.28. The van der Waals surface area contributed by atoms with Gasteiger partial charge in [-0.2, -0.15) is 0 Å². The number of rotatable bonds is 3. The molecule has 0 saturated carbocycles. The van der Waals surface area contributed by atoms with E-state index in [2.05, 4.69) is 17.6 Å². The van der Waals surface area contributed by atoms with E-state index in [0.717, 1.165) is 21.8 Å². The van der Waals surface area contributed by atoms with Crippen molar-refractivity contribution in [3.63, 3.8) is 0 Å². The summed E-state index contributed by atoms with van der Waals surface area (Å²) >= 11 is 0. The number of amides is 1. The Morgan fingerprint density at radius 1 is 1.00 bits per heavy atom. The quantitative estimate of drug-likeness (QED) is 0.791. The van der Waals surface area contributed by atoms with Gasteiger partial charge in [0.25, 0.3) is 5.91 Å². The van der Waals surface area contributed by atoms with Crippen LogP contribution in [0.5, 0.6) is 0 Å². The second-order valence-electron chi connectivity index (χ2n) is 5.14. The maximum atomic E-state index is 12.0. The molecular weight excluding hydrogens is 250 g/mol. The first-order chi connectivity index (χ1) is 9.66. The minimum Gasteiger partial charge on any atom is -0.301 e. The average Bonchev–Trinajstić information content (AvgIpc) is 2.73. The van der Waals surface area contributed by atoms with Crippen LogP contribution in [-0.4, -0.2) is 36.1 Å². The van der Waals surface area contributed by atoms with Crippen LogP contribution >= 0.6 is 0 Å². The third-order valence-electron chi connectivity index (χ3n) is 3.28. The number of likely N-dealkylation sites (N-methyl/N-ethyl adjacent to an activating group) is 1. The molecule has 4 heteroatoms. The Morgan fingerprint density at radius 2 is 1.50 bits per heavy atom. The predicted octanol–water partition coefficient (Wildman–Crippen LogP) is 2.43. The van der Waals surface area contributed by atoms with Crippen molar-refractivity contribution in [1.29, 1.82) is 0 Å². The first-order valence-corrected chi connectivity index (χ1v) is 6.59. The van der Waals surface area contributed by atoms with Gasteiger partial charge in [-0.05, 0) is 26.2 Å². The van der Waals surface area contributed by atoms with Crippen molar-refractivity contribution in [2.45, 2.75) is 0 Å². The molecule has 3 rings (SSSR count). The van der Waals surface area contributed by atoms with Crippen LogP contribution in [0.1, 0.15) is 0 Å². The number of aromatic nitrogens is 1. The van der Waals surface area contributed by atoms with Gasteiger partial charge in [-0.15, -0.1) is 0 Å². The maximum Gasteiger partial charge on any atom is 0.252 e. The van der Waals surface area contributed by atoms with Crippen molar-refractivity contribution in [2.75, 3.05) is 26.1 Å². The molecule has 20 heavy (non-hydrogen) atoms. The SMILES string of the molecule is CN(C)CC(=O)Nn1c2ccccc2c2ccccc21. The summed E-state index contributed by atoms with van der Waals surface area (Å²) < 4.78 is 1.87. The topological polar surface area (TPSA) is 37.3 Å². The number of nitrogens with one attached hydrogen (secondary N) is 1. The number of para-hydroxylation sites is 2. The molecule has 1 aromatic heterocycles. The molecule has 0 saturated heterocycles. The number of carbonyl (C=O) groups excluding carboxylic acids is 1. The third kappa shape index (κ3) is 2.14. The van der Waals surface area contributed by atoms with Gasteiger partial charge in [-0.1, -0.05) is 36.4 Å². The van der Waals surface area contributed by atoms with E-state index in [1.165, 1.54) is 0 Å². The van der Waals surface area contributed by atoms with Crippen molar-refractivity contribution in [3.05, 3.63) is 48.5 Å². The smallest absolute Gasteiger partial charge is 0.252 e. The molecule has 1 heterocycles. The van der Waals surface area contributed by atoms with E-state index in [1.54, 1.807) is 0 Å². The van der Waals surface area contributed by atoms with E-state index in [-0.39, 0.29) is 5.91 Å². The van der Waals surface area contributed by atoms with E-state index < -0.39 is 0 Å². The molecule has 3 aromatic rings. The predicted molar refractivity (Wildman–Crippen MR) is 82.4 cm³/mol. The molecular formula is C16H17N3O. The van der Waals surface area contributed by atoms with Gasteiger partial charge in [-0.3, -0.25) is 14.9 Å². The summed E-state index contributed by atoms with van der Waals surface area (Å²) in [6, 6.07) is 16.2. The lowest BCUT2D eigenvalue weighted by atomic mass is 10.2. The number of hydrogen-bond acceptors (Lipinski definition) is 2. The fraction of sp³-hybridized carbons (Fsp3) is 0.188. The zero-order valence-corrected chi connectivity index (χ0v) is 11.6. The van der Waals surface area contributed by atoms with Gasteiger partial charge in [0.1, 0.15) is 0 Å². The van der Waals surface area contributed by atoms with Crippen molar-refractivity contribution in [2.24, 2.45) is 0 Å². The minimum absolute atomic E-state index is 0.0264. The Morgan fingerprint density at radius 3 is 2.00 bits per heavy atom. The highest BCUT2D eigenvalue weighted by molar-refractivity contribution is 6.09. The van der Waals surface area contributed by atoms with E-state index in [0.29, 0.717) is 6.54 Å². The van der Waals surface area contributed by atoms with E-state index in [4.69, 9.17) is 0 Å². The molecule has 0 spiro atoms. The van der Waals surface area contributed by atoms with E-state index in [1.807, 2.05) is 60.1 Å². The number of fused-ring (bicyclic) bond motifs is 3. The zero-order valence-electron chi connectivity index (χ0n) is 11.6. The lowest BCUT2D eigenvalue weighted by Crippen LogP contribution is -2.31. The van der Waals surface area contributed by atoms with Crippen LogP contribution in [0.3, 0.4) is 0 Å². The summed E-state index contributed by atoms with van der Waals surface area (Å²) in [4.78, 5) is 13.9. The molecule has 0 radical (unpaired) electrons. The summed E-state index contributed by atoms with van der Waals surface area (Å²) in [6.07, 6.45) is 0. The number of nitrogens with zero attached hydrogens (tertiary/aromatic N) is 2. The van der Waals surface area contributed by atoms with Gasteiger partial charge in [0, 0.05) is 10.8 Å². The number of benzene rings is 2. The molecule has 0 atom stereocenters. The molecule has 0 aliphatic heterocycles. The lowest BCUT2D eigenvalue weighted by Gasteiger charge is -2.12. The van der Waals surface area contributed by atoms with Crippen LogP contribution in [0, 0.1) is 0 Å². The largest absolute Gasteiger partial charge is 0.301 e. The molecule has 1 amide bonds. The summed E-state index contributed by atoms with van der Waals surface area (Å²) in [5.41, 5.74) is 5.00. The molecule has 2 aromatic carbocycles. The second-order valence-corrected chi connectivity index (χ2v) is 5.14. The van der Waals surface area contributed by atoms with Gasteiger partial charge in [0.05, 0.1) is 17.6 Å². The Bertz CT molecular complexity index is 720. The van der Waals surface area contributed by atoms with Crippen molar-refractivity contribution in [3.8, 4) is 0 Å². The number of hydrogen-bond donors (Lipinski definition) is 1. The van der Waals surface area contributed by atoms with Gasteiger partial charge < -0.3 is 4.90 Å². The minimum atomic E-state index is -0.0264. The lowest BCUT2D eigenvalue weighted by molar-refractivity contribution is -0.117. The van der Waals surface area contributed by atoms with Crippen LogP contribution in [0.25, 0.3) is 21.8 Å².